The topological polar surface area (TPSA) is 44.5 Å². The summed E-state index contributed by atoms with van der Waals surface area (Å²) >= 11 is 0. The van der Waals surface area contributed by atoms with Crippen LogP contribution in [0.4, 0.5) is 0 Å². The van der Waals surface area contributed by atoms with E-state index in [1.165, 1.54) is 0 Å². The Morgan fingerprint density at radius 1 is 0.812 bits per heavy atom. The maximum Gasteiger partial charge on any atom is 0.137 e. The van der Waals surface area contributed by atoms with Gasteiger partial charge in [0.1, 0.15) is 5.82 Å². The van der Waals surface area contributed by atoms with E-state index >= 15 is 0 Å². The van der Waals surface area contributed by atoms with Crippen molar-refractivity contribution in [2.75, 3.05) is 0 Å². The molecule has 0 aliphatic carbocycles. The van der Waals surface area contributed by atoms with Crippen LogP contribution < -0.4 is 0 Å². The lowest BCUT2D eigenvalue weighted by atomic mass is 10.2. The van der Waals surface area contributed by atoms with Crippen LogP contribution in [0.1, 0.15) is 0 Å². The van der Waals surface area contributed by atoms with Gasteiger partial charge in [0.05, 0.1) is 0 Å². The number of aromatic amines is 2. The van der Waals surface area contributed by atoms with Gasteiger partial charge in [-0.1, -0.05) is 30.3 Å². The Labute approximate surface area is 94.2 Å². The van der Waals surface area contributed by atoms with Crippen LogP contribution in [0.5, 0.6) is 0 Å². The first-order valence-corrected chi connectivity index (χ1v) is 5.09. The molecule has 0 saturated heterocycles. The largest absolute Gasteiger partial charge is 0.368 e. The zero-order chi connectivity index (χ0) is 11.1. The van der Waals surface area contributed by atoms with Crippen LogP contribution in [-0.2, 0) is 0 Å². The van der Waals surface area contributed by atoms with Crippen LogP contribution in [0.3, 0.4) is 0 Å². The highest BCUT2D eigenvalue weighted by Crippen LogP contribution is 2.11. The average molecular weight is 211 g/mol. The molecule has 0 radical (unpaired) electrons. The fraction of sp³-hybridized carbons (Fsp3) is 0. The van der Waals surface area contributed by atoms with Crippen LogP contribution in [-0.4, -0.2) is 15.0 Å². The second kappa shape index (κ2) is 5.56. The summed E-state index contributed by atoms with van der Waals surface area (Å²) < 4.78 is 0. The maximum atomic E-state index is 4.13. The SMILES string of the molecule is c1cc[nH]c1.c1ccc(-c2ncc[nH]2)cc1. The number of benzene rings is 1. The molecule has 80 valence electrons. The Bertz CT molecular complexity index is 452. The van der Waals surface area contributed by atoms with Crippen molar-refractivity contribution in [3.8, 4) is 11.4 Å². The normalized spacial score (nSPS) is 9.25. The van der Waals surface area contributed by atoms with Crippen molar-refractivity contribution in [2.45, 2.75) is 0 Å². The van der Waals surface area contributed by atoms with E-state index in [2.05, 4.69) is 15.0 Å². The summed E-state index contributed by atoms with van der Waals surface area (Å²) in [5, 5.41) is 0. The minimum Gasteiger partial charge on any atom is -0.368 e. The smallest absolute Gasteiger partial charge is 0.137 e. The lowest BCUT2D eigenvalue weighted by Crippen LogP contribution is -1.77. The molecule has 0 fully saturated rings. The third-order valence-electron chi connectivity index (χ3n) is 2.04. The van der Waals surface area contributed by atoms with E-state index in [-0.39, 0.29) is 0 Å². The van der Waals surface area contributed by atoms with Crippen molar-refractivity contribution in [3.63, 3.8) is 0 Å². The molecule has 0 atom stereocenters. The van der Waals surface area contributed by atoms with Gasteiger partial charge in [0.15, 0.2) is 0 Å². The van der Waals surface area contributed by atoms with Crippen molar-refractivity contribution in [1.82, 2.24) is 15.0 Å². The molecule has 2 aromatic heterocycles. The standard InChI is InChI=1S/C9H8N2.C4H5N/c1-2-4-8(5-3-1)9-10-6-7-11-9;1-2-4-5-3-1/h1-7H,(H,10,11);1-5H. The first-order chi connectivity index (χ1) is 7.97. The van der Waals surface area contributed by atoms with Gasteiger partial charge in [-0.2, -0.15) is 0 Å². The Morgan fingerprint density at radius 3 is 2.06 bits per heavy atom. The van der Waals surface area contributed by atoms with Gasteiger partial charge in [-0.3, -0.25) is 0 Å². The van der Waals surface area contributed by atoms with Crippen molar-refractivity contribution >= 4 is 0 Å². The molecule has 0 aliphatic rings. The van der Waals surface area contributed by atoms with Crippen LogP contribution >= 0.6 is 0 Å². The third kappa shape index (κ3) is 2.85. The molecule has 2 N–H and O–H groups in total. The number of nitrogens with zero attached hydrogens (tertiary/aromatic N) is 1. The maximum absolute atomic E-state index is 4.13. The number of H-pyrrole nitrogens is 2. The van der Waals surface area contributed by atoms with Crippen LogP contribution in [0, 0.1) is 0 Å². The quantitative estimate of drug-likeness (QED) is 0.638. The van der Waals surface area contributed by atoms with Crippen LogP contribution in [0.25, 0.3) is 11.4 Å². The van der Waals surface area contributed by atoms with Crippen molar-refractivity contribution in [3.05, 3.63) is 67.3 Å². The van der Waals surface area contributed by atoms with Crippen LogP contribution in [0.2, 0.25) is 0 Å². The van der Waals surface area contributed by atoms with Gasteiger partial charge in [-0.05, 0) is 12.1 Å². The Balaban J connectivity index is 0.000000162. The van der Waals surface area contributed by atoms with E-state index in [1.54, 1.807) is 6.20 Å². The predicted molar refractivity (Wildman–Crippen MR) is 64.8 cm³/mol. The Hall–Kier alpha value is -2.29. The monoisotopic (exact) mass is 211 g/mol. The van der Waals surface area contributed by atoms with E-state index in [0.29, 0.717) is 0 Å². The van der Waals surface area contributed by atoms with E-state index < -0.39 is 0 Å². The lowest BCUT2D eigenvalue weighted by molar-refractivity contribution is 1.31. The van der Waals surface area contributed by atoms with E-state index in [9.17, 15) is 0 Å². The minimum atomic E-state index is 0.922. The number of imidazole rings is 1. The second-order valence-corrected chi connectivity index (χ2v) is 3.19. The van der Waals surface area contributed by atoms with Gasteiger partial charge >= 0.3 is 0 Å². The summed E-state index contributed by atoms with van der Waals surface area (Å²) in [6.45, 7) is 0. The molecule has 0 aliphatic heterocycles. The van der Waals surface area contributed by atoms with E-state index in [1.807, 2.05) is 61.1 Å². The molecular formula is C13H13N3. The molecule has 3 aromatic rings. The highest BCUT2D eigenvalue weighted by molar-refractivity contribution is 5.53. The summed E-state index contributed by atoms with van der Waals surface area (Å²) in [6.07, 6.45) is 7.32. The fourth-order valence-corrected chi connectivity index (χ4v) is 1.30. The van der Waals surface area contributed by atoms with Gasteiger partial charge in [-0.15, -0.1) is 0 Å². The molecule has 3 nitrogen and oxygen atoms in total. The van der Waals surface area contributed by atoms with Gasteiger partial charge in [-0.25, -0.2) is 4.98 Å². The zero-order valence-corrected chi connectivity index (χ0v) is 8.80. The fourth-order valence-electron chi connectivity index (χ4n) is 1.30. The molecule has 0 spiro atoms. The highest BCUT2D eigenvalue weighted by Gasteiger charge is 1.94. The van der Waals surface area contributed by atoms with Crippen LogP contribution in [0.15, 0.2) is 67.3 Å². The summed E-state index contributed by atoms with van der Waals surface area (Å²) in [4.78, 5) is 10.0. The molecule has 16 heavy (non-hydrogen) atoms. The first kappa shape index (κ1) is 10.2. The summed E-state index contributed by atoms with van der Waals surface area (Å²) in [5.74, 6) is 0.922. The number of rotatable bonds is 1. The van der Waals surface area contributed by atoms with Crippen molar-refractivity contribution in [1.29, 1.82) is 0 Å². The number of nitrogens with one attached hydrogen (secondary N) is 2. The zero-order valence-electron chi connectivity index (χ0n) is 8.80. The number of hydrogen-bond acceptors (Lipinski definition) is 1. The molecule has 3 heteroatoms. The number of aromatic nitrogens is 3. The molecule has 2 heterocycles. The Morgan fingerprint density at radius 2 is 1.56 bits per heavy atom. The lowest BCUT2D eigenvalue weighted by Gasteiger charge is -1.92. The van der Waals surface area contributed by atoms with Gasteiger partial charge < -0.3 is 9.97 Å². The molecule has 1 aromatic carbocycles. The third-order valence-corrected chi connectivity index (χ3v) is 2.04. The highest BCUT2D eigenvalue weighted by atomic mass is 14.9. The van der Waals surface area contributed by atoms with E-state index in [4.69, 9.17) is 0 Å². The molecule has 0 amide bonds. The van der Waals surface area contributed by atoms with Gasteiger partial charge in [0, 0.05) is 30.4 Å². The molecule has 0 unspecified atom stereocenters. The first-order valence-electron chi connectivity index (χ1n) is 5.09. The van der Waals surface area contributed by atoms with Gasteiger partial charge in [0.2, 0.25) is 0 Å². The molecule has 0 bridgehead atoms. The summed E-state index contributed by atoms with van der Waals surface area (Å²) in [5.41, 5.74) is 1.12. The molecule has 3 rings (SSSR count). The Kier molecular flexibility index (Phi) is 3.55. The summed E-state index contributed by atoms with van der Waals surface area (Å²) in [7, 11) is 0. The summed E-state index contributed by atoms with van der Waals surface area (Å²) in [6, 6.07) is 13.9. The van der Waals surface area contributed by atoms with Gasteiger partial charge in [0.25, 0.3) is 0 Å². The van der Waals surface area contributed by atoms with Crippen molar-refractivity contribution < 1.29 is 0 Å². The minimum absolute atomic E-state index is 0.922. The van der Waals surface area contributed by atoms with E-state index in [0.717, 1.165) is 11.4 Å². The number of hydrogen-bond donors (Lipinski definition) is 2. The predicted octanol–water partition coefficient (Wildman–Crippen LogP) is 3.09. The molecule has 0 saturated carbocycles. The van der Waals surface area contributed by atoms with Crippen molar-refractivity contribution in [2.24, 2.45) is 0 Å². The second-order valence-electron chi connectivity index (χ2n) is 3.19. The average Bonchev–Trinajstić information content (AvgIpc) is 3.07. The molecular weight excluding hydrogens is 198 g/mol.